The highest BCUT2D eigenvalue weighted by atomic mass is 32.2. The van der Waals surface area contributed by atoms with Gasteiger partial charge in [-0.05, 0) is 49.0 Å². The monoisotopic (exact) mass is 352 g/mol. The predicted molar refractivity (Wildman–Crippen MR) is 85.7 cm³/mol. The van der Waals surface area contributed by atoms with Gasteiger partial charge >= 0.3 is 6.18 Å². The molecule has 1 aliphatic heterocycles. The lowest BCUT2D eigenvalue weighted by Crippen LogP contribution is -2.19. The van der Waals surface area contributed by atoms with Crippen molar-refractivity contribution in [1.82, 2.24) is 5.32 Å². The number of nitrogens with zero attached hydrogens (tertiary/aromatic N) is 1. The van der Waals surface area contributed by atoms with Gasteiger partial charge in [-0.1, -0.05) is 6.07 Å². The van der Waals surface area contributed by atoms with E-state index >= 15 is 0 Å². The van der Waals surface area contributed by atoms with Gasteiger partial charge in [0, 0.05) is 6.08 Å². The first kappa shape index (κ1) is 16.4. The second kappa shape index (κ2) is 6.20. The van der Waals surface area contributed by atoms with E-state index in [1.807, 2.05) is 0 Å². The van der Waals surface area contributed by atoms with E-state index in [0.717, 1.165) is 23.9 Å². The molecule has 2 heterocycles. The van der Waals surface area contributed by atoms with Gasteiger partial charge in [0.05, 0.1) is 16.2 Å². The summed E-state index contributed by atoms with van der Waals surface area (Å²) in [4.78, 5) is 16.3. The average molecular weight is 352 g/mol. The Kier molecular flexibility index (Phi) is 4.23. The summed E-state index contributed by atoms with van der Waals surface area (Å²) >= 11 is 1.04. The Morgan fingerprint density at radius 1 is 1.25 bits per heavy atom. The number of hydrogen-bond donors (Lipinski definition) is 1. The Bertz CT molecular complexity index is 853. The molecule has 2 aromatic rings. The van der Waals surface area contributed by atoms with Crippen LogP contribution in [0.2, 0.25) is 0 Å². The van der Waals surface area contributed by atoms with Crippen molar-refractivity contribution >= 4 is 34.6 Å². The second-order valence-electron chi connectivity index (χ2n) is 4.98. The number of aryl methyl sites for hydroxylation is 1. The molecule has 4 nitrogen and oxygen atoms in total. The molecule has 0 aliphatic carbocycles. The molecule has 1 N–H and O–H groups in total. The van der Waals surface area contributed by atoms with E-state index in [1.165, 1.54) is 12.1 Å². The highest BCUT2D eigenvalue weighted by Gasteiger charge is 2.30. The molecule has 1 aromatic carbocycles. The third kappa shape index (κ3) is 3.70. The van der Waals surface area contributed by atoms with E-state index in [9.17, 15) is 18.0 Å². The molecule has 0 saturated carbocycles. The Balaban J connectivity index is 1.83. The first-order valence-corrected chi connectivity index (χ1v) is 7.66. The van der Waals surface area contributed by atoms with Crippen LogP contribution in [0.4, 0.5) is 18.9 Å². The van der Waals surface area contributed by atoms with Crippen molar-refractivity contribution in [2.24, 2.45) is 4.99 Å². The third-order valence-corrected chi connectivity index (χ3v) is 4.00. The summed E-state index contributed by atoms with van der Waals surface area (Å²) in [6, 6.07) is 8.09. The van der Waals surface area contributed by atoms with Crippen molar-refractivity contribution in [2.45, 2.75) is 13.1 Å². The Morgan fingerprint density at radius 3 is 2.71 bits per heavy atom. The van der Waals surface area contributed by atoms with Gasteiger partial charge in [0.1, 0.15) is 11.5 Å². The lowest BCUT2D eigenvalue weighted by molar-refractivity contribution is -0.137. The predicted octanol–water partition coefficient (Wildman–Crippen LogP) is 4.50. The number of amides is 1. The van der Waals surface area contributed by atoms with Gasteiger partial charge in [-0.2, -0.15) is 13.2 Å². The summed E-state index contributed by atoms with van der Waals surface area (Å²) < 4.78 is 43.5. The van der Waals surface area contributed by atoms with E-state index in [-0.39, 0.29) is 16.8 Å². The fraction of sp³-hybridized carbons (Fsp3) is 0.125. The van der Waals surface area contributed by atoms with Crippen molar-refractivity contribution < 1.29 is 22.4 Å². The number of benzene rings is 1. The number of aliphatic imine (C=N–C) groups is 1. The summed E-state index contributed by atoms with van der Waals surface area (Å²) in [6.45, 7) is 1.78. The summed E-state index contributed by atoms with van der Waals surface area (Å²) in [6.07, 6.45) is -2.88. The topological polar surface area (TPSA) is 54.6 Å². The Labute approximate surface area is 139 Å². The smallest absolute Gasteiger partial charge is 0.416 e. The number of alkyl halides is 3. The zero-order valence-corrected chi connectivity index (χ0v) is 13.2. The number of carbonyl (C=O) groups is 1. The Hall–Kier alpha value is -2.48. The summed E-state index contributed by atoms with van der Waals surface area (Å²) in [5.74, 6) is 0.855. The maximum Gasteiger partial charge on any atom is 0.416 e. The lowest BCUT2D eigenvalue weighted by Gasteiger charge is -2.06. The van der Waals surface area contributed by atoms with Crippen molar-refractivity contribution in [3.8, 4) is 0 Å². The number of hydrogen-bond acceptors (Lipinski definition) is 4. The normalized spacial score (nSPS) is 18.4. The Morgan fingerprint density at radius 2 is 2.04 bits per heavy atom. The molecule has 0 bridgehead atoms. The molecular formula is C16H11F3N2O2S. The van der Waals surface area contributed by atoms with Crippen LogP contribution in [0, 0.1) is 6.92 Å². The molecule has 1 saturated heterocycles. The minimum Gasteiger partial charge on any atom is -0.462 e. The van der Waals surface area contributed by atoms with Gasteiger partial charge in [-0.3, -0.25) is 4.79 Å². The molecule has 0 spiro atoms. The van der Waals surface area contributed by atoms with Crippen LogP contribution in [0.3, 0.4) is 0 Å². The van der Waals surface area contributed by atoms with Gasteiger partial charge in [0.2, 0.25) is 0 Å². The van der Waals surface area contributed by atoms with E-state index < -0.39 is 11.7 Å². The molecule has 1 aliphatic rings. The maximum absolute atomic E-state index is 12.7. The molecule has 124 valence electrons. The van der Waals surface area contributed by atoms with Gasteiger partial charge in [-0.25, -0.2) is 4.99 Å². The molecule has 1 fully saturated rings. The summed E-state index contributed by atoms with van der Waals surface area (Å²) in [5, 5.41) is 2.74. The van der Waals surface area contributed by atoms with Crippen LogP contribution in [0.5, 0.6) is 0 Å². The summed E-state index contributed by atoms with van der Waals surface area (Å²) in [7, 11) is 0. The molecule has 3 rings (SSSR count). The molecule has 1 aromatic heterocycles. The van der Waals surface area contributed by atoms with Crippen molar-refractivity contribution in [2.75, 3.05) is 0 Å². The lowest BCUT2D eigenvalue weighted by atomic mass is 10.2. The molecule has 24 heavy (non-hydrogen) atoms. The molecule has 0 radical (unpaired) electrons. The second-order valence-corrected chi connectivity index (χ2v) is 6.01. The molecule has 0 atom stereocenters. The van der Waals surface area contributed by atoms with Crippen LogP contribution >= 0.6 is 11.8 Å². The number of carbonyl (C=O) groups excluding carboxylic acids is 1. The quantitative estimate of drug-likeness (QED) is 0.810. The zero-order valence-electron chi connectivity index (χ0n) is 12.3. The highest BCUT2D eigenvalue weighted by Crippen LogP contribution is 2.33. The summed E-state index contributed by atoms with van der Waals surface area (Å²) in [5.41, 5.74) is -0.678. The highest BCUT2D eigenvalue weighted by molar-refractivity contribution is 8.18. The van der Waals surface area contributed by atoms with Gasteiger partial charge in [0.25, 0.3) is 5.91 Å². The van der Waals surface area contributed by atoms with Crippen molar-refractivity contribution in [3.05, 3.63) is 58.4 Å². The van der Waals surface area contributed by atoms with E-state index in [2.05, 4.69) is 10.3 Å². The van der Waals surface area contributed by atoms with Crippen LogP contribution in [0.25, 0.3) is 6.08 Å². The molecule has 1 amide bonds. The van der Waals surface area contributed by atoms with Crippen LogP contribution in [0.1, 0.15) is 17.1 Å². The number of nitrogens with one attached hydrogen (secondary N) is 1. The van der Waals surface area contributed by atoms with Crippen LogP contribution < -0.4 is 5.32 Å². The van der Waals surface area contributed by atoms with Crippen molar-refractivity contribution in [3.63, 3.8) is 0 Å². The number of halogens is 3. The van der Waals surface area contributed by atoms with Crippen LogP contribution in [-0.4, -0.2) is 11.1 Å². The van der Waals surface area contributed by atoms with Gasteiger partial charge in [0.15, 0.2) is 5.17 Å². The SMILES string of the molecule is Cc1ccc(C=C2SC(=Nc3cccc(C(F)(F)F)c3)NC2=O)o1. The third-order valence-electron chi connectivity index (χ3n) is 3.09. The fourth-order valence-electron chi connectivity index (χ4n) is 2.01. The zero-order chi connectivity index (χ0) is 17.3. The van der Waals surface area contributed by atoms with E-state index in [1.54, 1.807) is 25.1 Å². The maximum atomic E-state index is 12.7. The first-order valence-electron chi connectivity index (χ1n) is 6.84. The molecular weight excluding hydrogens is 341 g/mol. The fourth-order valence-corrected chi connectivity index (χ4v) is 2.83. The molecule has 0 unspecified atom stereocenters. The van der Waals surface area contributed by atoms with Crippen molar-refractivity contribution in [1.29, 1.82) is 0 Å². The van der Waals surface area contributed by atoms with E-state index in [4.69, 9.17) is 4.42 Å². The molecule has 8 heteroatoms. The van der Waals surface area contributed by atoms with Gasteiger partial charge in [-0.15, -0.1) is 0 Å². The minimum absolute atomic E-state index is 0.114. The number of furan rings is 1. The standard InChI is InChI=1S/C16H11F3N2O2S/c1-9-5-6-12(23-9)8-13-14(22)21-15(24-13)20-11-4-2-3-10(7-11)16(17,18)19/h2-8H,1H3,(H,20,21,22). The number of thioether (sulfide) groups is 1. The largest absolute Gasteiger partial charge is 0.462 e. The first-order chi connectivity index (χ1) is 11.3. The van der Waals surface area contributed by atoms with Crippen LogP contribution in [0.15, 0.2) is 50.7 Å². The van der Waals surface area contributed by atoms with Crippen LogP contribution in [-0.2, 0) is 11.0 Å². The van der Waals surface area contributed by atoms with E-state index in [0.29, 0.717) is 16.4 Å². The van der Waals surface area contributed by atoms with Gasteiger partial charge < -0.3 is 9.73 Å². The number of rotatable bonds is 2. The average Bonchev–Trinajstić information content (AvgIpc) is 3.05. The minimum atomic E-state index is -4.44. The number of amidine groups is 1.